The van der Waals surface area contributed by atoms with Crippen LogP contribution in [0.5, 0.6) is 5.75 Å². The molecule has 2 fully saturated rings. The molecule has 2 aliphatic heterocycles. The van der Waals surface area contributed by atoms with Crippen molar-refractivity contribution >= 4 is 34.8 Å². The van der Waals surface area contributed by atoms with Gasteiger partial charge >= 0.3 is 12.1 Å². The van der Waals surface area contributed by atoms with Gasteiger partial charge in [0.25, 0.3) is 11.8 Å². The van der Waals surface area contributed by atoms with Gasteiger partial charge in [-0.3, -0.25) is 19.9 Å². The number of imide groups is 1. The lowest BCUT2D eigenvalue weighted by Gasteiger charge is -2.47. The minimum atomic E-state index is -1.000. The van der Waals surface area contributed by atoms with E-state index in [-0.39, 0.29) is 23.9 Å². The summed E-state index contributed by atoms with van der Waals surface area (Å²) in [6.07, 6.45) is -0.143. The fourth-order valence-corrected chi connectivity index (χ4v) is 6.14. The number of hydrogen-bond donors (Lipinski definition) is 4. The van der Waals surface area contributed by atoms with Gasteiger partial charge in [0.1, 0.15) is 18.4 Å². The van der Waals surface area contributed by atoms with E-state index in [4.69, 9.17) is 4.74 Å². The number of carbonyl (C=O) groups excluding carboxylic acids is 3. The highest BCUT2D eigenvalue weighted by atomic mass is 16.5. The van der Waals surface area contributed by atoms with Crippen LogP contribution in [0.2, 0.25) is 0 Å². The van der Waals surface area contributed by atoms with Crippen molar-refractivity contribution in [3.8, 4) is 5.75 Å². The summed E-state index contributed by atoms with van der Waals surface area (Å²) < 4.78 is 6.03. The highest BCUT2D eigenvalue weighted by molar-refractivity contribution is 6.05. The molecule has 0 radical (unpaired) electrons. The molecule has 4 atom stereocenters. The van der Waals surface area contributed by atoms with Crippen LogP contribution in [0.25, 0.3) is 10.9 Å². The number of nitrogens with zero attached hydrogens (tertiary/aromatic N) is 2. The maximum atomic E-state index is 13.5. The first-order valence-corrected chi connectivity index (χ1v) is 14.4. The maximum Gasteiger partial charge on any atom is 0.407 e. The number of urea groups is 1. The molecule has 3 heterocycles. The van der Waals surface area contributed by atoms with Crippen LogP contribution in [0.4, 0.5) is 9.59 Å². The van der Waals surface area contributed by atoms with Gasteiger partial charge in [-0.05, 0) is 67.5 Å². The summed E-state index contributed by atoms with van der Waals surface area (Å²) in [6, 6.07) is 13.9. The van der Waals surface area contributed by atoms with Crippen molar-refractivity contribution < 1.29 is 29.0 Å². The normalized spacial score (nSPS) is 21.2. The molecular weight excluding hydrogens is 550 g/mol. The zero-order valence-corrected chi connectivity index (χ0v) is 24.7. The van der Waals surface area contributed by atoms with Gasteiger partial charge in [-0.1, -0.05) is 39.0 Å². The number of ether oxygens (including phenoxy) is 1. The van der Waals surface area contributed by atoms with Crippen molar-refractivity contribution in [1.82, 2.24) is 25.8 Å². The van der Waals surface area contributed by atoms with Crippen LogP contribution in [-0.4, -0.2) is 63.6 Å². The Hall–Kier alpha value is -4.67. The number of pyridine rings is 1. The Morgan fingerprint density at radius 2 is 1.86 bits per heavy atom. The fourth-order valence-electron chi connectivity index (χ4n) is 6.14. The predicted molar refractivity (Wildman–Crippen MR) is 160 cm³/mol. The fraction of sp³-hybridized carbons (Fsp3) is 0.406. The third kappa shape index (κ3) is 6.55. The molecule has 0 bridgehead atoms. The third-order valence-electron chi connectivity index (χ3n) is 8.30. The molecule has 43 heavy (non-hydrogen) atoms. The van der Waals surface area contributed by atoms with Crippen molar-refractivity contribution in [3.63, 3.8) is 0 Å². The number of nitrogens with one attached hydrogen (secondary N) is 3. The number of piperidine rings is 1. The van der Waals surface area contributed by atoms with Crippen LogP contribution in [0, 0.1) is 18.3 Å². The van der Waals surface area contributed by atoms with Gasteiger partial charge in [-0.2, -0.15) is 0 Å². The topological polar surface area (TPSA) is 150 Å². The second-order valence-corrected chi connectivity index (χ2v) is 12.3. The Kier molecular flexibility index (Phi) is 8.25. The van der Waals surface area contributed by atoms with E-state index in [2.05, 4.69) is 20.9 Å². The van der Waals surface area contributed by atoms with Crippen molar-refractivity contribution in [2.45, 2.75) is 65.3 Å². The largest absolute Gasteiger partial charge is 0.489 e. The minimum Gasteiger partial charge on any atom is -0.489 e. The van der Waals surface area contributed by atoms with Gasteiger partial charge < -0.3 is 25.4 Å². The lowest BCUT2D eigenvalue weighted by atomic mass is 9.73. The molecule has 4 N–H and O–H groups in total. The number of aryl methyl sites for hydroxylation is 1. The molecule has 2 saturated heterocycles. The zero-order chi connectivity index (χ0) is 30.9. The molecule has 11 nitrogen and oxygen atoms in total. The molecule has 0 spiro atoms. The molecule has 2 aliphatic rings. The molecule has 3 aromatic rings. The van der Waals surface area contributed by atoms with Crippen molar-refractivity contribution in [1.29, 1.82) is 0 Å². The Balaban J connectivity index is 1.31. The van der Waals surface area contributed by atoms with Crippen LogP contribution in [-0.2, 0) is 11.4 Å². The summed E-state index contributed by atoms with van der Waals surface area (Å²) in [7, 11) is 0. The monoisotopic (exact) mass is 587 g/mol. The summed E-state index contributed by atoms with van der Waals surface area (Å²) in [5.74, 6) is -0.595. The lowest BCUT2D eigenvalue weighted by Crippen LogP contribution is -2.60. The zero-order valence-electron chi connectivity index (χ0n) is 24.7. The van der Waals surface area contributed by atoms with Gasteiger partial charge in [0.2, 0.25) is 0 Å². The third-order valence-corrected chi connectivity index (χ3v) is 8.30. The van der Waals surface area contributed by atoms with Crippen LogP contribution >= 0.6 is 0 Å². The summed E-state index contributed by atoms with van der Waals surface area (Å²) in [5.41, 5.74) is 2.80. The van der Waals surface area contributed by atoms with Crippen LogP contribution in [0.15, 0.2) is 54.6 Å². The average Bonchev–Trinajstić information content (AvgIpc) is 3.30. The van der Waals surface area contributed by atoms with E-state index >= 15 is 0 Å². The van der Waals surface area contributed by atoms with E-state index in [1.165, 1.54) is 4.90 Å². The van der Waals surface area contributed by atoms with Gasteiger partial charge in [-0.15, -0.1) is 0 Å². The highest BCUT2D eigenvalue weighted by Crippen LogP contribution is 2.37. The Bertz CT molecular complexity index is 1550. The number of carbonyl (C=O) groups is 4. The van der Waals surface area contributed by atoms with Gasteiger partial charge in [0.05, 0.1) is 11.6 Å². The molecule has 0 aliphatic carbocycles. The van der Waals surface area contributed by atoms with Gasteiger partial charge in [0.15, 0.2) is 0 Å². The molecule has 5 rings (SSSR count). The van der Waals surface area contributed by atoms with Crippen molar-refractivity contribution in [3.05, 3.63) is 71.4 Å². The van der Waals surface area contributed by atoms with Crippen molar-refractivity contribution in [2.75, 3.05) is 6.54 Å². The smallest absolute Gasteiger partial charge is 0.407 e. The molecule has 5 amide bonds. The molecule has 226 valence electrons. The predicted octanol–water partition coefficient (Wildman–Crippen LogP) is 4.23. The number of benzene rings is 2. The number of amides is 5. The summed E-state index contributed by atoms with van der Waals surface area (Å²) in [6.45, 7) is 8.43. The molecule has 11 heteroatoms. The highest BCUT2D eigenvalue weighted by Gasteiger charge is 2.46. The summed E-state index contributed by atoms with van der Waals surface area (Å²) in [5, 5.41) is 18.7. The number of para-hydroxylation sites is 1. The second kappa shape index (κ2) is 11.9. The number of fused-ring (bicyclic) bond motifs is 1. The number of hydrogen-bond acceptors (Lipinski definition) is 6. The number of rotatable bonds is 7. The van der Waals surface area contributed by atoms with Crippen LogP contribution in [0.3, 0.4) is 0 Å². The molecular formula is C32H37N5O6. The number of aromatic nitrogens is 1. The Labute approximate surface area is 250 Å². The summed E-state index contributed by atoms with van der Waals surface area (Å²) in [4.78, 5) is 56.1. The SMILES string of the molecule is Cc1cc(COc2ccc(C(=O)NC(C3CCN(C(=O)O)C(C(C)(C)C)C3)C3NC(=O)NC3=O)cc2)c2ccccc2n1. The van der Waals surface area contributed by atoms with Gasteiger partial charge in [-0.25, -0.2) is 9.59 Å². The first-order chi connectivity index (χ1) is 20.4. The molecule has 2 aromatic carbocycles. The molecule has 0 saturated carbocycles. The minimum absolute atomic E-state index is 0.251. The maximum absolute atomic E-state index is 13.5. The van der Waals surface area contributed by atoms with Crippen LogP contribution in [0.1, 0.15) is 55.2 Å². The molecule has 4 unspecified atom stereocenters. The Morgan fingerprint density at radius 3 is 2.51 bits per heavy atom. The lowest BCUT2D eigenvalue weighted by molar-refractivity contribution is -0.121. The number of likely N-dealkylation sites (tertiary alicyclic amines) is 1. The first-order valence-electron chi connectivity index (χ1n) is 14.4. The first kappa shape index (κ1) is 29.8. The average molecular weight is 588 g/mol. The quantitative estimate of drug-likeness (QED) is 0.302. The number of carboxylic acid groups (broad SMARTS) is 1. The van der Waals surface area contributed by atoms with E-state index in [1.54, 1.807) is 24.3 Å². The van der Waals surface area contributed by atoms with E-state index in [9.17, 15) is 24.3 Å². The van der Waals surface area contributed by atoms with Crippen LogP contribution < -0.4 is 20.7 Å². The second-order valence-electron chi connectivity index (χ2n) is 12.3. The summed E-state index contributed by atoms with van der Waals surface area (Å²) >= 11 is 0. The Morgan fingerprint density at radius 1 is 1.14 bits per heavy atom. The van der Waals surface area contributed by atoms with E-state index in [0.29, 0.717) is 30.8 Å². The van der Waals surface area contributed by atoms with Gasteiger partial charge in [0, 0.05) is 34.8 Å². The van der Waals surface area contributed by atoms with Crippen molar-refractivity contribution in [2.24, 2.45) is 11.3 Å². The molecule has 1 aromatic heterocycles. The van der Waals surface area contributed by atoms with E-state index in [0.717, 1.165) is 22.2 Å². The van der Waals surface area contributed by atoms with E-state index < -0.39 is 36.0 Å². The standard InChI is InChI=1S/C32H37N5O6/c1-18-15-21(23-7-5-6-8-24(23)33-18)17-43-22-11-9-19(10-12-22)28(38)34-26(27-29(39)36-30(40)35-27)20-13-14-37(31(41)42)25(16-20)32(2,3)4/h5-12,15,20,25-27H,13-14,16-17H2,1-4H3,(H,34,38)(H,41,42)(H2,35,36,39,40). The van der Waals surface area contributed by atoms with E-state index in [1.807, 2.05) is 58.0 Å².